The fourth-order valence-electron chi connectivity index (χ4n) is 2.74. The summed E-state index contributed by atoms with van der Waals surface area (Å²) in [7, 11) is 0. The summed E-state index contributed by atoms with van der Waals surface area (Å²) in [6, 6.07) is 9.53. The largest absolute Gasteiger partial charge is 0.482 e. The third-order valence-corrected chi connectivity index (χ3v) is 4.21. The number of amides is 2. The first-order valence-corrected chi connectivity index (χ1v) is 8.82. The minimum atomic E-state index is -1.24. The molecule has 3 rings (SSSR count). The summed E-state index contributed by atoms with van der Waals surface area (Å²) in [5.74, 6) is -2.83. The third-order valence-electron chi connectivity index (χ3n) is 4.21. The summed E-state index contributed by atoms with van der Waals surface area (Å²) in [6.45, 7) is 1.22. The molecule has 2 amide bonds. The number of para-hydroxylation sites is 2. The zero-order valence-corrected chi connectivity index (χ0v) is 15.5. The number of fused-ring (bicyclic) bond motifs is 1. The van der Waals surface area contributed by atoms with E-state index in [1.165, 1.54) is 11.8 Å². The Labute approximate surface area is 165 Å². The van der Waals surface area contributed by atoms with Crippen LogP contribution < -0.4 is 15.0 Å². The van der Waals surface area contributed by atoms with Gasteiger partial charge in [0.15, 0.2) is 12.7 Å². The molecule has 1 aliphatic heterocycles. The van der Waals surface area contributed by atoms with Crippen LogP contribution in [0.15, 0.2) is 42.5 Å². The van der Waals surface area contributed by atoms with Crippen LogP contribution in [0.25, 0.3) is 0 Å². The minimum absolute atomic E-state index is 0.0465. The van der Waals surface area contributed by atoms with Crippen LogP contribution in [0.1, 0.15) is 13.3 Å². The highest BCUT2D eigenvalue weighted by molar-refractivity contribution is 5.98. The van der Waals surface area contributed by atoms with Gasteiger partial charge < -0.3 is 19.7 Å². The Morgan fingerprint density at radius 3 is 2.79 bits per heavy atom. The van der Waals surface area contributed by atoms with Crippen molar-refractivity contribution in [2.75, 3.05) is 23.4 Å². The molecule has 0 saturated carbocycles. The number of nitrogens with one attached hydrogen (secondary N) is 1. The second kappa shape index (κ2) is 8.68. The van der Waals surface area contributed by atoms with Crippen molar-refractivity contribution in [3.05, 3.63) is 54.1 Å². The Balaban J connectivity index is 1.54. The van der Waals surface area contributed by atoms with E-state index in [-0.39, 0.29) is 31.2 Å². The van der Waals surface area contributed by atoms with E-state index in [2.05, 4.69) is 5.32 Å². The Bertz CT molecular complexity index is 950. The molecule has 2 aromatic rings. The molecule has 152 valence electrons. The van der Waals surface area contributed by atoms with Crippen molar-refractivity contribution in [1.29, 1.82) is 0 Å². The second-order valence-electron chi connectivity index (χ2n) is 6.30. The molecule has 1 atom stereocenters. The van der Waals surface area contributed by atoms with Gasteiger partial charge in [0.25, 0.3) is 11.8 Å². The molecule has 0 spiro atoms. The van der Waals surface area contributed by atoms with Crippen molar-refractivity contribution >= 4 is 29.2 Å². The van der Waals surface area contributed by atoms with Gasteiger partial charge in [0, 0.05) is 12.6 Å². The number of carbonyl (C=O) groups is 3. The van der Waals surface area contributed by atoms with E-state index in [1.807, 2.05) is 0 Å². The molecular weight excluding hydrogens is 386 g/mol. The molecular formula is C20H18F2N2O5. The fourth-order valence-corrected chi connectivity index (χ4v) is 2.74. The van der Waals surface area contributed by atoms with Crippen molar-refractivity contribution < 1.29 is 32.6 Å². The van der Waals surface area contributed by atoms with Crippen molar-refractivity contribution in [3.8, 4) is 5.75 Å². The molecule has 1 heterocycles. The number of esters is 1. The molecule has 9 heteroatoms. The Morgan fingerprint density at radius 1 is 1.24 bits per heavy atom. The van der Waals surface area contributed by atoms with Gasteiger partial charge in [0.05, 0.1) is 17.8 Å². The normalized spacial score (nSPS) is 13.9. The Morgan fingerprint density at radius 2 is 2.00 bits per heavy atom. The van der Waals surface area contributed by atoms with E-state index in [0.717, 1.165) is 18.2 Å². The maximum atomic E-state index is 13.6. The van der Waals surface area contributed by atoms with Crippen LogP contribution in [0.2, 0.25) is 0 Å². The molecule has 29 heavy (non-hydrogen) atoms. The lowest BCUT2D eigenvalue weighted by atomic mass is 10.2. The molecule has 0 saturated heterocycles. The van der Waals surface area contributed by atoms with E-state index >= 15 is 0 Å². The molecule has 2 aromatic carbocycles. The quantitative estimate of drug-likeness (QED) is 0.749. The van der Waals surface area contributed by atoms with Gasteiger partial charge in [-0.05, 0) is 31.2 Å². The number of benzene rings is 2. The third kappa shape index (κ3) is 4.87. The molecule has 1 N–H and O–H groups in total. The lowest BCUT2D eigenvalue weighted by Crippen LogP contribution is -2.40. The Kier molecular flexibility index (Phi) is 6.06. The molecule has 1 aliphatic rings. The second-order valence-corrected chi connectivity index (χ2v) is 6.30. The van der Waals surface area contributed by atoms with Gasteiger partial charge in [0.1, 0.15) is 17.4 Å². The number of anilines is 2. The van der Waals surface area contributed by atoms with Crippen LogP contribution in [0, 0.1) is 11.6 Å². The van der Waals surface area contributed by atoms with Crippen LogP contribution in [0.4, 0.5) is 20.2 Å². The maximum absolute atomic E-state index is 13.6. The van der Waals surface area contributed by atoms with Crippen molar-refractivity contribution in [3.63, 3.8) is 0 Å². The SMILES string of the molecule is C[C@@H](OC(=O)CCN1C(=O)COc2ccccc21)C(=O)Nc1cc(F)ccc1F. The highest BCUT2D eigenvalue weighted by atomic mass is 19.1. The minimum Gasteiger partial charge on any atom is -0.482 e. The number of halogens is 2. The predicted molar refractivity (Wildman–Crippen MR) is 99.4 cm³/mol. The molecule has 0 aromatic heterocycles. The highest BCUT2D eigenvalue weighted by Gasteiger charge is 2.26. The highest BCUT2D eigenvalue weighted by Crippen LogP contribution is 2.31. The number of rotatable bonds is 6. The summed E-state index contributed by atoms with van der Waals surface area (Å²) in [5.41, 5.74) is 0.192. The van der Waals surface area contributed by atoms with Crippen LogP contribution in [0.5, 0.6) is 5.75 Å². The number of nitrogens with zero attached hydrogens (tertiary/aromatic N) is 1. The van der Waals surface area contributed by atoms with Crippen LogP contribution in [0.3, 0.4) is 0 Å². The molecule has 7 nitrogen and oxygen atoms in total. The molecule has 0 bridgehead atoms. The van der Waals surface area contributed by atoms with Crippen LogP contribution in [-0.4, -0.2) is 37.0 Å². The van der Waals surface area contributed by atoms with E-state index in [1.54, 1.807) is 24.3 Å². The number of carbonyl (C=O) groups excluding carboxylic acids is 3. The standard InChI is InChI=1S/C20H18F2N2O5/c1-12(20(27)23-15-10-13(21)6-7-14(15)22)29-19(26)8-9-24-16-4-2-3-5-17(16)28-11-18(24)25/h2-7,10,12H,8-9,11H2,1H3,(H,23,27)/t12-/m1/s1. The van der Waals surface area contributed by atoms with E-state index in [0.29, 0.717) is 11.4 Å². The first-order valence-electron chi connectivity index (χ1n) is 8.82. The fraction of sp³-hybridized carbons (Fsp3) is 0.250. The van der Waals surface area contributed by atoms with Crippen molar-refractivity contribution in [1.82, 2.24) is 0 Å². The van der Waals surface area contributed by atoms with Gasteiger partial charge in [-0.1, -0.05) is 12.1 Å². The summed E-state index contributed by atoms with van der Waals surface area (Å²) in [4.78, 5) is 37.7. The maximum Gasteiger partial charge on any atom is 0.308 e. The summed E-state index contributed by atoms with van der Waals surface area (Å²) in [5, 5.41) is 2.17. The molecule has 0 unspecified atom stereocenters. The molecule has 0 radical (unpaired) electrons. The van der Waals surface area contributed by atoms with Gasteiger partial charge in [0.2, 0.25) is 0 Å². The smallest absolute Gasteiger partial charge is 0.308 e. The summed E-state index contributed by atoms with van der Waals surface area (Å²) >= 11 is 0. The van der Waals surface area contributed by atoms with Gasteiger partial charge in [-0.3, -0.25) is 14.4 Å². The lowest BCUT2D eigenvalue weighted by molar-refractivity contribution is -0.153. The van der Waals surface area contributed by atoms with E-state index in [9.17, 15) is 23.2 Å². The van der Waals surface area contributed by atoms with Crippen LogP contribution >= 0.6 is 0 Å². The monoisotopic (exact) mass is 404 g/mol. The molecule has 0 fully saturated rings. The van der Waals surface area contributed by atoms with Gasteiger partial charge in [-0.25, -0.2) is 8.78 Å². The van der Waals surface area contributed by atoms with Crippen molar-refractivity contribution in [2.45, 2.75) is 19.4 Å². The average molecular weight is 404 g/mol. The summed E-state index contributed by atoms with van der Waals surface area (Å²) < 4.78 is 37.1. The van der Waals surface area contributed by atoms with Gasteiger partial charge in [-0.2, -0.15) is 0 Å². The number of hydrogen-bond acceptors (Lipinski definition) is 5. The predicted octanol–water partition coefficient (Wildman–Crippen LogP) is 2.65. The van der Waals surface area contributed by atoms with Crippen LogP contribution in [-0.2, 0) is 19.1 Å². The lowest BCUT2D eigenvalue weighted by Gasteiger charge is -2.29. The van der Waals surface area contributed by atoms with Gasteiger partial charge >= 0.3 is 5.97 Å². The summed E-state index contributed by atoms with van der Waals surface area (Å²) in [6.07, 6.45) is -1.40. The van der Waals surface area contributed by atoms with Crippen molar-refractivity contribution in [2.24, 2.45) is 0 Å². The zero-order valence-electron chi connectivity index (χ0n) is 15.5. The van der Waals surface area contributed by atoms with Gasteiger partial charge in [-0.15, -0.1) is 0 Å². The number of hydrogen-bond donors (Lipinski definition) is 1. The zero-order chi connectivity index (χ0) is 21.0. The topological polar surface area (TPSA) is 84.9 Å². The average Bonchev–Trinajstić information content (AvgIpc) is 2.69. The first-order chi connectivity index (χ1) is 13.8. The van der Waals surface area contributed by atoms with E-state index < -0.39 is 29.6 Å². The Hall–Kier alpha value is -3.49. The first kappa shape index (κ1) is 20.2. The number of ether oxygens (including phenoxy) is 2. The molecule has 0 aliphatic carbocycles. The van der Waals surface area contributed by atoms with E-state index in [4.69, 9.17) is 9.47 Å².